The molecule has 0 aromatic heterocycles. The summed E-state index contributed by atoms with van der Waals surface area (Å²) in [5.41, 5.74) is 0. The van der Waals surface area contributed by atoms with Crippen LogP contribution in [0.3, 0.4) is 0 Å². The summed E-state index contributed by atoms with van der Waals surface area (Å²) in [5.74, 6) is -1.18. The minimum atomic E-state index is -0.503. The van der Waals surface area contributed by atoms with Gasteiger partial charge in [-0.15, -0.1) is 0 Å². The Labute approximate surface area is 131 Å². The van der Waals surface area contributed by atoms with E-state index >= 15 is 0 Å². The first-order chi connectivity index (χ1) is 10.7. The maximum atomic E-state index is 12.6. The lowest BCUT2D eigenvalue weighted by molar-refractivity contribution is -0.189. The van der Waals surface area contributed by atoms with Crippen molar-refractivity contribution < 1.29 is 19.1 Å². The quantitative estimate of drug-likeness (QED) is 0.682. The zero-order chi connectivity index (χ0) is 15.6. The Morgan fingerprint density at radius 1 is 1.05 bits per heavy atom. The predicted octanol–water partition coefficient (Wildman–Crippen LogP) is 1.14. The van der Waals surface area contributed by atoms with Crippen molar-refractivity contribution in [2.45, 2.75) is 57.3 Å². The fraction of sp³-hybridized carbons (Fsp3) is 0.875. The fourth-order valence-electron chi connectivity index (χ4n) is 3.79. The van der Waals surface area contributed by atoms with Crippen molar-refractivity contribution >= 4 is 11.8 Å². The standard InChI is InChI=1S/C16H26N2O4/c1-2-13-5-3-4-8-18(13)15(20)14(19)17-9-6-16(7-10-17)21-11-12-22-16/h13H,2-12H2,1H3. The highest BCUT2D eigenvalue weighted by atomic mass is 16.7. The number of nitrogens with zero attached hydrogens (tertiary/aromatic N) is 2. The minimum Gasteiger partial charge on any atom is -0.347 e. The molecule has 0 aromatic rings. The van der Waals surface area contributed by atoms with E-state index in [-0.39, 0.29) is 17.9 Å². The highest BCUT2D eigenvalue weighted by molar-refractivity contribution is 6.35. The zero-order valence-corrected chi connectivity index (χ0v) is 13.4. The third-order valence-electron chi connectivity index (χ3n) is 5.17. The van der Waals surface area contributed by atoms with E-state index in [1.54, 1.807) is 9.80 Å². The Morgan fingerprint density at radius 2 is 1.73 bits per heavy atom. The molecule has 3 heterocycles. The maximum Gasteiger partial charge on any atom is 0.312 e. The molecule has 0 aromatic carbocycles. The van der Waals surface area contributed by atoms with Gasteiger partial charge in [0.05, 0.1) is 13.2 Å². The first-order valence-corrected chi connectivity index (χ1v) is 8.53. The van der Waals surface area contributed by atoms with E-state index in [9.17, 15) is 9.59 Å². The Balaban J connectivity index is 1.58. The molecule has 1 atom stereocenters. The number of carbonyl (C=O) groups excluding carboxylic acids is 2. The third-order valence-corrected chi connectivity index (χ3v) is 5.17. The summed E-state index contributed by atoms with van der Waals surface area (Å²) in [7, 11) is 0. The number of rotatable bonds is 1. The van der Waals surface area contributed by atoms with Crippen LogP contribution in [0.1, 0.15) is 45.4 Å². The summed E-state index contributed by atoms with van der Waals surface area (Å²) >= 11 is 0. The molecule has 124 valence electrons. The van der Waals surface area contributed by atoms with Crippen LogP contribution in [0.5, 0.6) is 0 Å². The van der Waals surface area contributed by atoms with Gasteiger partial charge in [0, 0.05) is 38.5 Å². The first-order valence-electron chi connectivity index (χ1n) is 8.53. The molecule has 0 bridgehead atoms. The van der Waals surface area contributed by atoms with Crippen LogP contribution in [-0.2, 0) is 19.1 Å². The predicted molar refractivity (Wildman–Crippen MR) is 80.1 cm³/mol. The zero-order valence-electron chi connectivity index (χ0n) is 13.4. The number of ether oxygens (including phenoxy) is 2. The summed E-state index contributed by atoms with van der Waals surface area (Å²) in [5, 5.41) is 0. The van der Waals surface area contributed by atoms with Crippen LogP contribution < -0.4 is 0 Å². The molecule has 6 nitrogen and oxygen atoms in total. The number of piperidine rings is 2. The van der Waals surface area contributed by atoms with Crippen LogP contribution in [0, 0.1) is 0 Å². The molecule has 0 aliphatic carbocycles. The van der Waals surface area contributed by atoms with Crippen molar-refractivity contribution in [3.63, 3.8) is 0 Å². The molecular formula is C16H26N2O4. The van der Waals surface area contributed by atoms with Crippen LogP contribution in [0.25, 0.3) is 0 Å². The lowest BCUT2D eigenvalue weighted by Gasteiger charge is -2.39. The Hall–Kier alpha value is -1.14. The smallest absolute Gasteiger partial charge is 0.312 e. The van der Waals surface area contributed by atoms with Gasteiger partial charge in [-0.05, 0) is 25.7 Å². The van der Waals surface area contributed by atoms with Crippen LogP contribution in [0.4, 0.5) is 0 Å². The van der Waals surface area contributed by atoms with Crippen molar-refractivity contribution in [1.29, 1.82) is 0 Å². The normalized spacial score (nSPS) is 28.1. The van der Waals surface area contributed by atoms with Gasteiger partial charge >= 0.3 is 11.8 Å². The molecule has 3 rings (SSSR count). The van der Waals surface area contributed by atoms with Gasteiger partial charge in [-0.1, -0.05) is 6.92 Å². The van der Waals surface area contributed by atoms with Gasteiger partial charge in [-0.3, -0.25) is 9.59 Å². The van der Waals surface area contributed by atoms with Gasteiger partial charge in [0.25, 0.3) is 0 Å². The molecule has 2 amide bonds. The molecule has 3 fully saturated rings. The van der Waals surface area contributed by atoms with E-state index in [1.807, 2.05) is 0 Å². The van der Waals surface area contributed by atoms with Crippen LogP contribution in [0.15, 0.2) is 0 Å². The second kappa shape index (κ2) is 6.54. The number of likely N-dealkylation sites (tertiary alicyclic amines) is 2. The van der Waals surface area contributed by atoms with Crippen molar-refractivity contribution in [1.82, 2.24) is 9.80 Å². The lowest BCUT2D eigenvalue weighted by atomic mass is 9.99. The molecule has 0 saturated carbocycles. The number of carbonyl (C=O) groups is 2. The molecule has 22 heavy (non-hydrogen) atoms. The van der Waals surface area contributed by atoms with Crippen molar-refractivity contribution in [2.75, 3.05) is 32.8 Å². The summed E-state index contributed by atoms with van der Waals surface area (Å²) < 4.78 is 11.3. The summed E-state index contributed by atoms with van der Waals surface area (Å²) in [6, 6.07) is 0.225. The highest BCUT2D eigenvalue weighted by Crippen LogP contribution is 2.31. The third kappa shape index (κ3) is 2.99. The van der Waals surface area contributed by atoms with E-state index in [0.717, 1.165) is 25.7 Å². The van der Waals surface area contributed by atoms with Crippen LogP contribution >= 0.6 is 0 Å². The Morgan fingerprint density at radius 3 is 2.36 bits per heavy atom. The van der Waals surface area contributed by atoms with Gasteiger partial charge in [0.1, 0.15) is 0 Å². The summed E-state index contributed by atoms with van der Waals surface area (Å²) in [6.07, 6.45) is 5.40. The SMILES string of the molecule is CCC1CCCCN1C(=O)C(=O)N1CCC2(CC1)OCCO2. The van der Waals surface area contributed by atoms with Gasteiger partial charge in [0.15, 0.2) is 5.79 Å². The Bertz CT molecular complexity index is 424. The fourth-order valence-corrected chi connectivity index (χ4v) is 3.79. The Kier molecular flexibility index (Phi) is 4.68. The molecule has 6 heteroatoms. The highest BCUT2D eigenvalue weighted by Gasteiger charge is 2.42. The van der Waals surface area contributed by atoms with Crippen LogP contribution in [0.2, 0.25) is 0 Å². The van der Waals surface area contributed by atoms with E-state index in [0.29, 0.717) is 45.7 Å². The largest absolute Gasteiger partial charge is 0.347 e. The molecule has 1 spiro atoms. The average Bonchev–Trinajstić information content (AvgIpc) is 3.02. The molecule has 3 aliphatic heterocycles. The molecule has 0 N–H and O–H groups in total. The number of hydrogen-bond donors (Lipinski definition) is 0. The molecular weight excluding hydrogens is 284 g/mol. The van der Waals surface area contributed by atoms with Crippen molar-refractivity contribution in [3.8, 4) is 0 Å². The second-order valence-electron chi connectivity index (χ2n) is 6.46. The van der Waals surface area contributed by atoms with Crippen molar-refractivity contribution in [2.24, 2.45) is 0 Å². The van der Waals surface area contributed by atoms with Gasteiger partial charge in [-0.25, -0.2) is 0 Å². The second-order valence-corrected chi connectivity index (χ2v) is 6.46. The topological polar surface area (TPSA) is 59.1 Å². The van der Waals surface area contributed by atoms with Gasteiger partial charge < -0.3 is 19.3 Å². The van der Waals surface area contributed by atoms with Crippen molar-refractivity contribution in [3.05, 3.63) is 0 Å². The molecule has 3 aliphatic rings. The summed E-state index contributed by atoms with van der Waals surface area (Å²) in [4.78, 5) is 28.5. The maximum absolute atomic E-state index is 12.6. The number of hydrogen-bond acceptors (Lipinski definition) is 4. The van der Waals surface area contributed by atoms with E-state index in [1.165, 1.54) is 0 Å². The van der Waals surface area contributed by atoms with E-state index in [2.05, 4.69) is 6.92 Å². The van der Waals surface area contributed by atoms with Gasteiger partial charge in [-0.2, -0.15) is 0 Å². The molecule has 3 saturated heterocycles. The minimum absolute atomic E-state index is 0.225. The summed E-state index contributed by atoms with van der Waals surface area (Å²) in [6.45, 7) is 5.12. The van der Waals surface area contributed by atoms with Gasteiger partial charge in [0.2, 0.25) is 0 Å². The van der Waals surface area contributed by atoms with E-state index < -0.39 is 5.79 Å². The number of amides is 2. The lowest BCUT2D eigenvalue weighted by Crippen LogP contribution is -2.54. The molecule has 1 unspecified atom stereocenters. The molecule has 0 radical (unpaired) electrons. The monoisotopic (exact) mass is 310 g/mol. The van der Waals surface area contributed by atoms with Crippen LogP contribution in [-0.4, -0.2) is 66.3 Å². The average molecular weight is 310 g/mol. The van der Waals surface area contributed by atoms with E-state index in [4.69, 9.17) is 9.47 Å². The first kappa shape index (κ1) is 15.7.